The summed E-state index contributed by atoms with van der Waals surface area (Å²) in [5.41, 5.74) is 11.4. The minimum atomic E-state index is 0.251. The van der Waals surface area contributed by atoms with Gasteiger partial charge in [-0.2, -0.15) is 0 Å². The van der Waals surface area contributed by atoms with Crippen LogP contribution in [0.25, 0.3) is 18.2 Å². The van der Waals surface area contributed by atoms with Crippen LogP contribution in [0.4, 0.5) is 17.1 Å². The normalized spacial score (nSPS) is 19.0. The summed E-state index contributed by atoms with van der Waals surface area (Å²) in [5.74, 6) is 0. The first-order chi connectivity index (χ1) is 26.4. The van der Waals surface area contributed by atoms with E-state index in [1.54, 1.807) is 0 Å². The molecule has 3 aliphatic carbocycles. The van der Waals surface area contributed by atoms with E-state index in [0.29, 0.717) is 0 Å². The summed E-state index contributed by atoms with van der Waals surface area (Å²) < 4.78 is 0. The van der Waals surface area contributed by atoms with Crippen molar-refractivity contribution in [3.8, 4) is 0 Å². The quantitative estimate of drug-likeness (QED) is 0.168. The summed E-state index contributed by atoms with van der Waals surface area (Å²) in [7, 11) is 0. The van der Waals surface area contributed by atoms with E-state index in [0.717, 1.165) is 53.0 Å². The standard InChI is InChI=1S/C54H57N/c1-52(2)37-31-46(32-38-52)16-10-7-13-43-19-25-49(26-20-43)55(50-27-21-44(22-28-50)14-8-11-17-47-33-39-53(3,4)40-34-47)51-29-23-45(24-30-51)15-9-12-18-48-35-41-54(5,6)42-36-48/h7-37,39,41H,38,40,42H2,1-6H3. The van der Waals surface area contributed by atoms with E-state index in [9.17, 15) is 0 Å². The molecule has 0 N–H and O–H groups in total. The number of hydrogen-bond acceptors (Lipinski definition) is 1. The van der Waals surface area contributed by atoms with Gasteiger partial charge in [0.1, 0.15) is 0 Å². The van der Waals surface area contributed by atoms with Gasteiger partial charge in [-0.1, -0.05) is 206 Å². The minimum Gasteiger partial charge on any atom is -0.311 e. The van der Waals surface area contributed by atoms with Gasteiger partial charge in [0, 0.05) is 17.1 Å². The van der Waals surface area contributed by atoms with E-state index in [4.69, 9.17) is 0 Å². The molecule has 0 bridgehead atoms. The van der Waals surface area contributed by atoms with Gasteiger partial charge < -0.3 is 4.90 Å². The van der Waals surface area contributed by atoms with Crippen molar-refractivity contribution in [3.63, 3.8) is 0 Å². The summed E-state index contributed by atoms with van der Waals surface area (Å²) in [5, 5.41) is 0. The molecule has 1 heteroatoms. The first kappa shape index (κ1) is 39.0. The van der Waals surface area contributed by atoms with Gasteiger partial charge in [0.25, 0.3) is 0 Å². The van der Waals surface area contributed by atoms with Gasteiger partial charge in [-0.05, 0) is 105 Å². The molecule has 3 aromatic carbocycles. The van der Waals surface area contributed by atoms with Crippen LogP contribution in [-0.2, 0) is 0 Å². The Morgan fingerprint density at radius 2 is 0.618 bits per heavy atom. The highest BCUT2D eigenvalue weighted by Crippen LogP contribution is 2.36. The fourth-order valence-electron chi connectivity index (χ4n) is 6.54. The van der Waals surface area contributed by atoms with E-state index in [1.807, 2.05) is 0 Å². The summed E-state index contributed by atoms with van der Waals surface area (Å²) >= 11 is 0. The fourth-order valence-corrected chi connectivity index (χ4v) is 6.54. The highest BCUT2D eigenvalue weighted by molar-refractivity contribution is 5.78. The fraction of sp³-hybridized carbons (Fsp3) is 0.222. The van der Waals surface area contributed by atoms with Crippen LogP contribution in [-0.4, -0.2) is 0 Å². The molecule has 0 saturated heterocycles. The maximum Gasteiger partial charge on any atom is 0.0462 e. The Labute approximate surface area is 331 Å². The molecule has 0 aromatic heterocycles. The zero-order valence-electron chi connectivity index (χ0n) is 33.6. The molecule has 0 heterocycles. The molecule has 0 fully saturated rings. The van der Waals surface area contributed by atoms with Crippen molar-refractivity contribution in [3.05, 3.63) is 216 Å². The van der Waals surface area contributed by atoms with E-state index in [-0.39, 0.29) is 16.2 Å². The molecular weight excluding hydrogens is 663 g/mol. The van der Waals surface area contributed by atoms with Crippen LogP contribution in [0.5, 0.6) is 0 Å². The van der Waals surface area contributed by atoms with Crippen molar-refractivity contribution in [1.82, 2.24) is 0 Å². The summed E-state index contributed by atoms with van der Waals surface area (Å²) in [4.78, 5) is 2.32. The summed E-state index contributed by atoms with van der Waals surface area (Å²) in [6, 6.07) is 26.4. The van der Waals surface area contributed by atoms with E-state index >= 15 is 0 Å². The third-order valence-corrected chi connectivity index (χ3v) is 10.3. The molecule has 0 atom stereocenters. The molecule has 0 unspecified atom stereocenters. The van der Waals surface area contributed by atoms with Crippen LogP contribution < -0.4 is 4.90 Å². The minimum absolute atomic E-state index is 0.251. The maximum absolute atomic E-state index is 2.32. The van der Waals surface area contributed by atoms with Gasteiger partial charge in [-0.25, -0.2) is 0 Å². The lowest BCUT2D eigenvalue weighted by Crippen LogP contribution is -2.09. The summed E-state index contributed by atoms with van der Waals surface area (Å²) in [6.45, 7) is 13.6. The van der Waals surface area contributed by atoms with Gasteiger partial charge >= 0.3 is 0 Å². The average Bonchev–Trinajstić information content (AvgIpc) is 3.17. The van der Waals surface area contributed by atoms with Crippen molar-refractivity contribution in [2.75, 3.05) is 4.90 Å². The highest BCUT2D eigenvalue weighted by atomic mass is 15.1. The van der Waals surface area contributed by atoms with Gasteiger partial charge in [0.15, 0.2) is 0 Å². The molecular formula is C54H57N. The van der Waals surface area contributed by atoms with E-state index in [2.05, 4.69) is 247 Å². The van der Waals surface area contributed by atoms with Crippen molar-refractivity contribution >= 4 is 35.3 Å². The lowest BCUT2D eigenvalue weighted by atomic mass is 9.84. The first-order valence-electron chi connectivity index (χ1n) is 19.8. The maximum atomic E-state index is 2.32. The van der Waals surface area contributed by atoms with Crippen LogP contribution in [0.1, 0.15) is 77.5 Å². The smallest absolute Gasteiger partial charge is 0.0462 e. The predicted molar refractivity (Wildman–Crippen MR) is 243 cm³/mol. The van der Waals surface area contributed by atoms with Crippen LogP contribution in [0.2, 0.25) is 0 Å². The molecule has 0 spiro atoms. The van der Waals surface area contributed by atoms with Crippen LogP contribution in [0.15, 0.2) is 199 Å². The van der Waals surface area contributed by atoms with Crippen LogP contribution in [0, 0.1) is 16.2 Å². The second-order valence-electron chi connectivity index (χ2n) is 17.0. The number of rotatable bonds is 12. The van der Waals surface area contributed by atoms with Gasteiger partial charge in [-0.15, -0.1) is 0 Å². The van der Waals surface area contributed by atoms with Crippen molar-refractivity contribution in [2.45, 2.75) is 60.8 Å². The average molecular weight is 720 g/mol. The van der Waals surface area contributed by atoms with Gasteiger partial charge in [-0.3, -0.25) is 0 Å². The number of anilines is 3. The van der Waals surface area contributed by atoms with E-state index < -0.39 is 0 Å². The monoisotopic (exact) mass is 719 g/mol. The number of nitrogens with zero attached hydrogens (tertiary/aromatic N) is 1. The molecule has 278 valence electrons. The number of allylic oxidation sites excluding steroid dienone is 21. The van der Waals surface area contributed by atoms with E-state index in [1.165, 1.54) is 16.7 Å². The molecule has 0 amide bonds. The number of benzene rings is 3. The molecule has 1 nitrogen and oxygen atoms in total. The number of hydrogen-bond donors (Lipinski definition) is 0. The largest absolute Gasteiger partial charge is 0.311 e. The Morgan fingerprint density at radius 1 is 0.364 bits per heavy atom. The second-order valence-corrected chi connectivity index (χ2v) is 17.0. The summed E-state index contributed by atoms with van der Waals surface area (Å²) in [6.07, 6.45) is 49.5. The molecule has 55 heavy (non-hydrogen) atoms. The molecule has 3 aliphatic rings. The Kier molecular flexibility index (Phi) is 12.5. The Hall–Kier alpha value is -5.66. The molecule has 0 aliphatic heterocycles. The highest BCUT2D eigenvalue weighted by Gasteiger charge is 2.17. The molecule has 0 saturated carbocycles. The predicted octanol–water partition coefficient (Wildman–Crippen LogP) is 15.6. The first-order valence-corrected chi connectivity index (χ1v) is 19.8. The Morgan fingerprint density at radius 3 is 0.855 bits per heavy atom. The lowest BCUT2D eigenvalue weighted by Gasteiger charge is -2.26. The van der Waals surface area contributed by atoms with Crippen LogP contribution in [0.3, 0.4) is 0 Å². The molecule has 6 rings (SSSR count). The van der Waals surface area contributed by atoms with Gasteiger partial charge in [0.2, 0.25) is 0 Å². The Bertz CT molecular complexity index is 1900. The van der Waals surface area contributed by atoms with Crippen LogP contribution >= 0.6 is 0 Å². The zero-order chi connectivity index (χ0) is 38.7. The third-order valence-electron chi connectivity index (χ3n) is 10.3. The SMILES string of the molecule is CC1(C)C=CC(C=CC=Cc2ccc(N(c3ccc(C=CC=CC4=CCC(C)(C)C=C4)cc3)c3ccc(C=CC=CC4=CCC(C)(C)C=C4)cc3)cc2)=CC1. The van der Waals surface area contributed by atoms with Crippen molar-refractivity contribution < 1.29 is 0 Å². The zero-order valence-corrected chi connectivity index (χ0v) is 33.6. The Balaban J connectivity index is 1.17. The lowest BCUT2D eigenvalue weighted by molar-refractivity contribution is 0.482. The molecule has 3 aromatic rings. The van der Waals surface area contributed by atoms with Gasteiger partial charge in [0.05, 0.1) is 0 Å². The third kappa shape index (κ3) is 11.9. The molecule has 0 radical (unpaired) electrons. The topological polar surface area (TPSA) is 3.24 Å². The van der Waals surface area contributed by atoms with Crippen molar-refractivity contribution in [2.24, 2.45) is 16.2 Å². The second kappa shape index (κ2) is 17.7. The van der Waals surface area contributed by atoms with Crippen molar-refractivity contribution in [1.29, 1.82) is 0 Å².